The van der Waals surface area contributed by atoms with E-state index in [1.165, 1.54) is 5.56 Å². The first-order valence-corrected chi connectivity index (χ1v) is 7.33. The van der Waals surface area contributed by atoms with Crippen molar-refractivity contribution in [2.24, 2.45) is 0 Å². The van der Waals surface area contributed by atoms with Crippen molar-refractivity contribution >= 4 is 31.9 Å². The van der Waals surface area contributed by atoms with E-state index in [-0.39, 0.29) is 0 Å². The van der Waals surface area contributed by atoms with Crippen LogP contribution in [0.4, 0.5) is 0 Å². The lowest BCUT2D eigenvalue weighted by molar-refractivity contribution is 0.567. The number of halogens is 2. The molecule has 4 heteroatoms. The van der Waals surface area contributed by atoms with Crippen molar-refractivity contribution in [2.75, 3.05) is 0 Å². The fourth-order valence-electron chi connectivity index (χ4n) is 1.66. The fourth-order valence-corrected chi connectivity index (χ4v) is 2.31. The third kappa shape index (κ3) is 3.90. The number of benzene rings is 1. The lowest BCUT2D eigenvalue weighted by Gasteiger charge is -2.14. The van der Waals surface area contributed by atoms with Gasteiger partial charge in [-0.25, -0.2) is 0 Å². The highest BCUT2D eigenvalue weighted by atomic mass is 79.9. The maximum Gasteiger partial charge on any atom is 0.0542 e. The number of aromatic nitrogens is 1. The van der Waals surface area contributed by atoms with E-state index in [0.717, 1.165) is 21.2 Å². The van der Waals surface area contributed by atoms with Crippen molar-refractivity contribution in [2.45, 2.75) is 19.5 Å². The molecule has 0 radical (unpaired) electrons. The van der Waals surface area contributed by atoms with Crippen LogP contribution in [0, 0.1) is 0 Å². The summed E-state index contributed by atoms with van der Waals surface area (Å²) in [6.45, 7) is 2.92. The zero-order valence-electron chi connectivity index (χ0n) is 10.0. The van der Waals surface area contributed by atoms with Crippen LogP contribution >= 0.6 is 31.9 Å². The predicted octanol–water partition coefficient (Wildman–Crippen LogP) is 4.46. The van der Waals surface area contributed by atoms with Crippen LogP contribution in [-0.4, -0.2) is 4.98 Å². The van der Waals surface area contributed by atoms with Gasteiger partial charge in [0, 0.05) is 27.7 Å². The van der Waals surface area contributed by atoms with E-state index in [0.29, 0.717) is 6.04 Å². The molecule has 2 nitrogen and oxygen atoms in total. The molecular weight excluding hydrogens is 356 g/mol. The number of hydrogen-bond donors (Lipinski definition) is 1. The minimum atomic E-state index is 0.299. The van der Waals surface area contributed by atoms with Crippen molar-refractivity contribution < 1.29 is 0 Å². The van der Waals surface area contributed by atoms with Crippen molar-refractivity contribution in [3.8, 4) is 0 Å². The number of rotatable bonds is 4. The minimum absolute atomic E-state index is 0.299. The smallest absolute Gasteiger partial charge is 0.0542 e. The van der Waals surface area contributed by atoms with Gasteiger partial charge in [0.15, 0.2) is 0 Å². The van der Waals surface area contributed by atoms with E-state index >= 15 is 0 Å². The molecule has 0 unspecified atom stereocenters. The van der Waals surface area contributed by atoms with Gasteiger partial charge in [0.25, 0.3) is 0 Å². The monoisotopic (exact) mass is 368 g/mol. The second kappa shape index (κ2) is 6.45. The van der Waals surface area contributed by atoms with Gasteiger partial charge in [-0.15, -0.1) is 0 Å². The Labute approximate surface area is 124 Å². The molecule has 0 saturated heterocycles. The summed E-state index contributed by atoms with van der Waals surface area (Å²) >= 11 is 6.87. The Morgan fingerprint density at radius 2 is 2.00 bits per heavy atom. The van der Waals surface area contributed by atoms with Crippen LogP contribution < -0.4 is 5.32 Å². The number of nitrogens with zero attached hydrogens (tertiary/aromatic N) is 1. The molecule has 1 heterocycles. The third-order valence-corrected chi connectivity index (χ3v) is 3.69. The molecule has 0 spiro atoms. The summed E-state index contributed by atoms with van der Waals surface area (Å²) in [6.07, 6.45) is 1.82. The van der Waals surface area contributed by atoms with E-state index in [1.54, 1.807) is 0 Å². The van der Waals surface area contributed by atoms with Crippen molar-refractivity contribution in [1.82, 2.24) is 10.3 Å². The highest BCUT2D eigenvalue weighted by Gasteiger charge is 2.05. The zero-order chi connectivity index (χ0) is 13.0. The number of nitrogens with one attached hydrogen (secondary N) is 1. The van der Waals surface area contributed by atoms with Crippen molar-refractivity contribution in [1.29, 1.82) is 0 Å². The zero-order valence-corrected chi connectivity index (χ0v) is 13.2. The SMILES string of the molecule is C[C@H](NCc1ccc(Br)cn1)c1cccc(Br)c1. The average molecular weight is 370 g/mol. The van der Waals surface area contributed by atoms with E-state index in [2.05, 4.69) is 67.3 Å². The summed E-state index contributed by atoms with van der Waals surface area (Å²) in [5.41, 5.74) is 2.31. The van der Waals surface area contributed by atoms with Gasteiger partial charge in [0.2, 0.25) is 0 Å². The van der Waals surface area contributed by atoms with Gasteiger partial charge >= 0.3 is 0 Å². The summed E-state index contributed by atoms with van der Waals surface area (Å²) in [4.78, 5) is 4.34. The Morgan fingerprint density at radius 3 is 2.67 bits per heavy atom. The van der Waals surface area contributed by atoms with Crippen LogP contribution in [0.3, 0.4) is 0 Å². The molecular formula is C14H14Br2N2. The Morgan fingerprint density at radius 1 is 1.17 bits per heavy atom. The molecule has 94 valence electrons. The van der Waals surface area contributed by atoms with Gasteiger partial charge in [-0.3, -0.25) is 4.98 Å². The summed E-state index contributed by atoms with van der Waals surface area (Å²) in [5.74, 6) is 0. The van der Waals surface area contributed by atoms with E-state index in [9.17, 15) is 0 Å². The van der Waals surface area contributed by atoms with Gasteiger partial charge in [-0.2, -0.15) is 0 Å². The molecule has 0 aliphatic carbocycles. The van der Waals surface area contributed by atoms with Crippen molar-refractivity contribution in [3.05, 3.63) is 62.8 Å². The van der Waals surface area contributed by atoms with Gasteiger partial charge in [-0.1, -0.05) is 28.1 Å². The van der Waals surface area contributed by atoms with Gasteiger partial charge in [0.05, 0.1) is 5.69 Å². The van der Waals surface area contributed by atoms with Gasteiger partial charge in [0.1, 0.15) is 0 Å². The molecule has 0 saturated carbocycles. The van der Waals surface area contributed by atoms with E-state index in [4.69, 9.17) is 0 Å². The van der Waals surface area contributed by atoms with Gasteiger partial charge in [-0.05, 0) is 52.7 Å². The van der Waals surface area contributed by atoms with E-state index in [1.807, 2.05) is 24.4 Å². The minimum Gasteiger partial charge on any atom is -0.305 e. The molecule has 1 atom stereocenters. The first kappa shape index (κ1) is 13.7. The maximum atomic E-state index is 4.34. The maximum absolute atomic E-state index is 4.34. The number of hydrogen-bond acceptors (Lipinski definition) is 2. The Balaban J connectivity index is 1.96. The van der Waals surface area contributed by atoms with Crippen LogP contribution in [0.2, 0.25) is 0 Å². The normalized spacial score (nSPS) is 12.4. The molecule has 0 aliphatic rings. The quantitative estimate of drug-likeness (QED) is 0.860. The number of pyridine rings is 1. The van der Waals surface area contributed by atoms with Gasteiger partial charge < -0.3 is 5.32 Å². The highest BCUT2D eigenvalue weighted by molar-refractivity contribution is 9.10. The van der Waals surface area contributed by atoms with Crippen LogP contribution in [-0.2, 0) is 6.54 Å². The molecule has 1 aromatic carbocycles. The lowest BCUT2D eigenvalue weighted by Crippen LogP contribution is -2.18. The Hall–Kier alpha value is -0.710. The summed E-state index contributed by atoms with van der Waals surface area (Å²) < 4.78 is 2.11. The van der Waals surface area contributed by atoms with Crippen LogP contribution in [0.15, 0.2) is 51.5 Å². The molecule has 0 fully saturated rings. The summed E-state index contributed by atoms with van der Waals surface area (Å²) in [7, 11) is 0. The van der Waals surface area contributed by atoms with Crippen LogP contribution in [0.5, 0.6) is 0 Å². The molecule has 0 bridgehead atoms. The highest BCUT2D eigenvalue weighted by Crippen LogP contribution is 2.18. The standard InChI is InChI=1S/C14H14Br2N2/c1-10(11-3-2-4-12(15)7-11)17-9-14-6-5-13(16)8-18-14/h2-8,10,17H,9H2,1H3/t10-/m0/s1. The Kier molecular flexibility index (Phi) is 4.92. The first-order chi connectivity index (χ1) is 8.65. The lowest BCUT2D eigenvalue weighted by atomic mass is 10.1. The molecule has 2 aromatic rings. The molecule has 2 rings (SSSR count). The molecule has 0 aliphatic heterocycles. The second-order valence-corrected chi connectivity index (χ2v) is 5.96. The average Bonchev–Trinajstić information content (AvgIpc) is 2.38. The van der Waals surface area contributed by atoms with E-state index < -0.39 is 0 Å². The predicted molar refractivity (Wildman–Crippen MR) is 81.3 cm³/mol. The summed E-state index contributed by atoms with van der Waals surface area (Å²) in [6, 6.07) is 12.7. The topological polar surface area (TPSA) is 24.9 Å². The molecule has 1 aromatic heterocycles. The third-order valence-electron chi connectivity index (χ3n) is 2.73. The molecule has 0 amide bonds. The Bertz CT molecular complexity index is 511. The van der Waals surface area contributed by atoms with Crippen LogP contribution in [0.1, 0.15) is 24.2 Å². The first-order valence-electron chi connectivity index (χ1n) is 5.74. The fraction of sp³-hybridized carbons (Fsp3) is 0.214. The van der Waals surface area contributed by atoms with Crippen LogP contribution in [0.25, 0.3) is 0 Å². The second-order valence-electron chi connectivity index (χ2n) is 4.13. The van der Waals surface area contributed by atoms with Crippen molar-refractivity contribution in [3.63, 3.8) is 0 Å². The largest absolute Gasteiger partial charge is 0.305 e. The molecule has 1 N–H and O–H groups in total. The molecule has 18 heavy (non-hydrogen) atoms. The summed E-state index contributed by atoms with van der Waals surface area (Å²) in [5, 5.41) is 3.46.